The van der Waals surface area contributed by atoms with Crippen LogP contribution in [0.25, 0.3) is 0 Å². The summed E-state index contributed by atoms with van der Waals surface area (Å²) < 4.78 is 5.17. The molecule has 1 saturated heterocycles. The van der Waals surface area contributed by atoms with Crippen LogP contribution in [0.2, 0.25) is 0 Å². The lowest BCUT2D eigenvalue weighted by Gasteiger charge is -2.34. The molecule has 4 N–H and O–H groups in total. The van der Waals surface area contributed by atoms with E-state index in [4.69, 9.17) is 10.5 Å². The summed E-state index contributed by atoms with van der Waals surface area (Å²) in [7, 11) is 0. The number of hydrogen-bond donors (Lipinski definition) is 3. The van der Waals surface area contributed by atoms with Crippen molar-refractivity contribution in [2.24, 2.45) is 0 Å². The minimum absolute atomic E-state index is 0.259. The second-order valence-corrected chi connectivity index (χ2v) is 4.97. The highest BCUT2D eigenvalue weighted by Crippen LogP contribution is 2.23. The van der Waals surface area contributed by atoms with E-state index in [-0.39, 0.29) is 12.8 Å². The fourth-order valence-corrected chi connectivity index (χ4v) is 2.30. The molecule has 0 radical (unpaired) electrons. The second kappa shape index (κ2) is 5.50. The standard InChI is InChI=1S/C14H18N2O4/c1-9-10(3-2-4-11(9)15)12(17)16-14(13(18)19)5-7-20-8-6-14/h2-4H,5-8,15H2,1H3,(H,16,17)(H,18,19). The van der Waals surface area contributed by atoms with E-state index in [1.165, 1.54) is 0 Å². The maximum Gasteiger partial charge on any atom is 0.329 e. The first-order chi connectivity index (χ1) is 9.46. The molecule has 0 unspecified atom stereocenters. The van der Waals surface area contributed by atoms with Crippen molar-refractivity contribution < 1.29 is 19.4 Å². The van der Waals surface area contributed by atoms with E-state index in [0.29, 0.717) is 30.0 Å². The number of benzene rings is 1. The van der Waals surface area contributed by atoms with Gasteiger partial charge in [-0.15, -0.1) is 0 Å². The summed E-state index contributed by atoms with van der Waals surface area (Å²) >= 11 is 0. The number of rotatable bonds is 3. The normalized spacial score (nSPS) is 17.4. The summed E-state index contributed by atoms with van der Waals surface area (Å²) in [6, 6.07) is 5.01. The van der Waals surface area contributed by atoms with Gasteiger partial charge >= 0.3 is 5.97 Å². The Morgan fingerprint density at radius 1 is 1.35 bits per heavy atom. The Labute approximate surface area is 116 Å². The molecule has 1 aliphatic heterocycles. The van der Waals surface area contributed by atoms with Crippen LogP contribution in [0.1, 0.15) is 28.8 Å². The van der Waals surface area contributed by atoms with Gasteiger partial charge < -0.3 is 20.9 Å². The van der Waals surface area contributed by atoms with E-state index >= 15 is 0 Å². The Morgan fingerprint density at radius 2 is 2.00 bits per heavy atom. The van der Waals surface area contributed by atoms with Crippen LogP contribution in [0, 0.1) is 6.92 Å². The van der Waals surface area contributed by atoms with Crippen molar-refractivity contribution in [3.63, 3.8) is 0 Å². The minimum Gasteiger partial charge on any atom is -0.480 e. The van der Waals surface area contributed by atoms with Crippen LogP contribution < -0.4 is 11.1 Å². The predicted molar refractivity (Wildman–Crippen MR) is 73.5 cm³/mol. The monoisotopic (exact) mass is 278 g/mol. The molecular formula is C14H18N2O4. The number of carbonyl (C=O) groups is 2. The van der Waals surface area contributed by atoms with Gasteiger partial charge in [0.2, 0.25) is 0 Å². The number of carboxylic acids is 1. The molecule has 0 spiro atoms. The van der Waals surface area contributed by atoms with Crippen LogP contribution in [0.4, 0.5) is 5.69 Å². The van der Waals surface area contributed by atoms with Crippen molar-refractivity contribution in [2.75, 3.05) is 18.9 Å². The number of nitrogens with one attached hydrogen (secondary N) is 1. The minimum atomic E-state index is -1.26. The maximum atomic E-state index is 12.3. The van der Waals surface area contributed by atoms with Crippen LogP contribution in [-0.4, -0.2) is 35.7 Å². The zero-order valence-corrected chi connectivity index (χ0v) is 11.3. The maximum absolute atomic E-state index is 12.3. The Bertz CT molecular complexity index is 536. The zero-order valence-electron chi connectivity index (χ0n) is 11.3. The zero-order chi connectivity index (χ0) is 14.8. The lowest BCUT2D eigenvalue weighted by molar-refractivity contribution is -0.148. The van der Waals surface area contributed by atoms with E-state index in [0.717, 1.165) is 0 Å². The fraction of sp³-hybridized carbons (Fsp3) is 0.429. The number of aliphatic carboxylic acids is 1. The van der Waals surface area contributed by atoms with Crippen molar-refractivity contribution in [1.82, 2.24) is 5.32 Å². The van der Waals surface area contributed by atoms with Gasteiger partial charge in [0.25, 0.3) is 5.91 Å². The van der Waals surface area contributed by atoms with Gasteiger partial charge in [-0.3, -0.25) is 4.79 Å². The highest BCUT2D eigenvalue weighted by Gasteiger charge is 2.41. The summed E-state index contributed by atoms with van der Waals surface area (Å²) in [5.41, 5.74) is 6.07. The number of nitrogens with two attached hydrogens (primary N) is 1. The first-order valence-corrected chi connectivity index (χ1v) is 6.45. The van der Waals surface area contributed by atoms with Crippen LogP contribution in [0.5, 0.6) is 0 Å². The van der Waals surface area contributed by atoms with Crippen LogP contribution in [0.3, 0.4) is 0 Å². The molecule has 2 rings (SSSR count). The Balaban J connectivity index is 2.25. The largest absolute Gasteiger partial charge is 0.480 e. The lowest BCUT2D eigenvalue weighted by atomic mass is 9.89. The molecule has 0 aromatic heterocycles. The number of hydrogen-bond acceptors (Lipinski definition) is 4. The van der Waals surface area contributed by atoms with E-state index in [2.05, 4.69) is 5.32 Å². The summed E-state index contributed by atoms with van der Waals surface area (Å²) in [6.45, 7) is 2.38. The molecule has 1 aromatic carbocycles. The van der Waals surface area contributed by atoms with Crippen molar-refractivity contribution in [2.45, 2.75) is 25.3 Å². The quantitative estimate of drug-likeness (QED) is 0.714. The van der Waals surface area contributed by atoms with E-state index in [1.807, 2.05) is 0 Å². The highest BCUT2D eigenvalue weighted by atomic mass is 16.5. The third-order valence-electron chi connectivity index (χ3n) is 3.73. The second-order valence-electron chi connectivity index (χ2n) is 4.97. The number of amides is 1. The summed E-state index contributed by atoms with van der Waals surface area (Å²) in [5, 5.41) is 12.1. The number of ether oxygens (including phenoxy) is 1. The molecule has 20 heavy (non-hydrogen) atoms. The molecule has 6 heteroatoms. The Kier molecular flexibility index (Phi) is 3.94. The smallest absolute Gasteiger partial charge is 0.329 e. The topological polar surface area (TPSA) is 102 Å². The van der Waals surface area contributed by atoms with E-state index in [1.54, 1.807) is 25.1 Å². The fourth-order valence-electron chi connectivity index (χ4n) is 2.30. The van der Waals surface area contributed by atoms with E-state index in [9.17, 15) is 14.7 Å². The molecule has 1 aromatic rings. The van der Waals surface area contributed by atoms with Gasteiger partial charge in [-0.1, -0.05) is 6.07 Å². The van der Waals surface area contributed by atoms with Crippen LogP contribution in [0.15, 0.2) is 18.2 Å². The SMILES string of the molecule is Cc1c(N)cccc1C(=O)NC1(C(=O)O)CCOCC1. The molecule has 1 amide bonds. The first-order valence-electron chi connectivity index (χ1n) is 6.45. The average Bonchev–Trinajstić information content (AvgIpc) is 2.42. The number of carboxylic acid groups (broad SMARTS) is 1. The van der Waals surface area contributed by atoms with Gasteiger partial charge in [0.15, 0.2) is 0 Å². The molecule has 1 fully saturated rings. The third-order valence-corrected chi connectivity index (χ3v) is 3.73. The van der Waals surface area contributed by atoms with Crippen molar-refractivity contribution >= 4 is 17.6 Å². The molecule has 0 atom stereocenters. The van der Waals surface area contributed by atoms with Crippen molar-refractivity contribution in [3.05, 3.63) is 29.3 Å². The molecule has 1 aliphatic rings. The number of carbonyl (C=O) groups excluding carboxylic acids is 1. The number of anilines is 1. The molecule has 0 aliphatic carbocycles. The van der Waals surface area contributed by atoms with Gasteiger partial charge in [0.05, 0.1) is 0 Å². The summed E-state index contributed by atoms with van der Waals surface area (Å²) in [6.07, 6.45) is 0.519. The Hall–Kier alpha value is -2.08. The number of nitrogen functional groups attached to an aromatic ring is 1. The molecule has 1 heterocycles. The first kappa shape index (κ1) is 14.3. The predicted octanol–water partition coefficient (Wildman–Crippen LogP) is 0.941. The summed E-state index contributed by atoms with van der Waals surface area (Å²) in [5.74, 6) is -1.45. The molecule has 0 saturated carbocycles. The van der Waals surface area contributed by atoms with Crippen molar-refractivity contribution in [1.29, 1.82) is 0 Å². The molecule has 0 bridgehead atoms. The Morgan fingerprint density at radius 3 is 2.60 bits per heavy atom. The average molecular weight is 278 g/mol. The summed E-state index contributed by atoms with van der Waals surface area (Å²) in [4.78, 5) is 23.8. The van der Waals surface area contributed by atoms with Gasteiger partial charge in [0.1, 0.15) is 5.54 Å². The van der Waals surface area contributed by atoms with Gasteiger partial charge in [0, 0.05) is 37.3 Å². The van der Waals surface area contributed by atoms with E-state index < -0.39 is 17.4 Å². The van der Waals surface area contributed by atoms with Gasteiger partial charge in [-0.25, -0.2) is 4.79 Å². The third kappa shape index (κ3) is 2.60. The molecule has 6 nitrogen and oxygen atoms in total. The van der Waals surface area contributed by atoms with Crippen LogP contribution in [-0.2, 0) is 9.53 Å². The molecule has 108 valence electrons. The van der Waals surface area contributed by atoms with Gasteiger partial charge in [-0.2, -0.15) is 0 Å². The van der Waals surface area contributed by atoms with Crippen LogP contribution >= 0.6 is 0 Å². The van der Waals surface area contributed by atoms with Crippen molar-refractivity contribution in [3.8, 4) is 0 Å². The highest BCUT2D eigenvalue weighted by molar-refractivity contribution is 6.00. The molecular weight excluding hydrogens is 260 g/mol. The van der Waals surface area contributed by atoms with Gasteiger partial charge in [-0.05, 0) is 24.6 Å². The lowest BCUT2D eigenvalue weighted by Crippen LogP contribution is -2.57.